The molecule has 2 aliphatic rings. The van der Waals surface area contributed by atoms with Gasteiger partial charge in [-0.3, -0.25) is 14.0 Å². The molecule has 1 unspecified atom stereocenters. The lowest BCUT2D eigenvalue weighted by Gasteiger charge is -2.35. The maximum Gasteiger partial charge on any atom is 0.374 e. The molecule has 6 nitrogen and oxygen atoms in total. The van der Waals surface area contributed by atoms with E-state index in [1.54, 1.807) is 42.2 Å². The molecular formula is C33H37F2NO5. The van der Waals surface area contributed by atoms with Gasteiger partial charge in [0, 0.05) is 30.2 Å². The Morgan fingerprint density at radius 1 is 1.02 bits per heavy atom. The van der Waals surface area contributed by atoms with E-state index in [2.05, 4.69) is 0 Å². The summed E-state index contributed by atoms with van der Waals surface area (Å²) in [7, 11) is 0. The number of alkyl halides is 1. The normalized spacial score (nSPS) is 23.5. The minimum absolute atomic E-state index is 0.00374. The molecule has 1 aliphatic heterocycles. The molecule has 1 aliphatic carbocycles. The number of carbonyl (C=O) groups is 3. The van der Waals surface area contributed by atoms with Gasteiger partial charge in [-0.1, -0.05) is 25.1 Å². The van der Waals surface area contributed by atoms with E-state index in [1.165, 1.54) is 12.1 Å². The fraction of sp³-hybridized carbons (Fsp3) is 0.485. The summed E-state index contributed by atoms with van der Waals surface area (Å²) in [6.07, 6.45) is 3.74. The number of halogens is 2. The van der Waals surface area contributed by atoms with Crippen molar-refractivity contribution in [1.29, 1.82) is 0 Å². The fourth-order valence-electron chi connectivity index (χ4n) is 6.60. The highest BCUT2D eigenvalue weighted by Gasteiger charge is 2.44. The monoisotopic (exact) mass is 565 g/mol. The molecule has 3 aromatic rings. The molecule has 0 radical (unpaired) electrons. The van der Waals surface area contributed by atoms with E-state index in [4.69, 9.17) is 9.15 Å². The lowest BCUT2D eigenvalue weighted by Crippen LogP contribution is -2.46. The Hall–Kier alpha value is -3.55. The van der Waals surface area contributed by atoms with E-state index in [1.807, 2.05) is 13.0 Å². The van der Waals surface area contributed by atoms with Gasteiger partial charge in [0.2, 0.25) is 11.7 Å². The number of ketones is 1. The van der Waals surface area contributed by atoms with Gasteiger partial charge in [-0.25, -0.2) is 9.18 Å². The maximum absolute atomic E-state index is 14.0. The Kier molecular flexibility index (Phi) is 8.85. The van der Waals surface area contributed by atoms with E-state index in [0.29, 0.717) is 36.8 Å². The molecular weight excluding hydrogens is 528 g/mol. The van der Waals surface area contributed by atoms with Crippen LogP contribution in [0.4, 0.5) is 8.78 Å². The first-order chi connectivity index (χ1) is 19.8. The Balaban J connectivity index is 1.37. The van der Waals surface area contributed by atoms with E-state index >= 15 is 0 Å². The first kappa shape index (κ1) is 29.0. The van der Waals surface area contributed by atoms with Crippen LogP contribution in [0.15, 0.2) is 52.9 Å². The molecule has 5 rings (SSSR count). The zero-order valence-electron chi connectivity index (χ0n) is 23.6. The summed E-state index contributed by atoms with van der Waals surface area (Å²) in [6, 6.07) is 12.5. The third-order valence-corrected chi connectivity index (χ3v) is 8.91. The molecule has 218 valence electrons. The molecule has 8 heteroatoms. The summed E-state index contributed by atoms with van der Waals surface area (Å²) in [6.45, 7) is 3.99. The summed E-state index contributed by atoms with van der Waals surface area (Å²) in [5.74, 6) is -1.02. The van der Waals surface area contributed by atoms with Gasteiger partial charge in [0.1, 0.15) is 11.4 Å². The van der Waals surface area contributed by atoms with Crippen LogP contribution in [-0.4, -0.2) is 48.4 Å². The van der Waals surface area contributed by atoms with Gasteiger partial charge in [-0.15, -0.1) is 0 Å². The van der Waals surface area contributed by atoms with Crippen LogP contribution in [0.25, 0.3) is 11.0 Å². The van der Waals surface area contributed by atoms with Crippen molar-refractivity contribution in [3.63, 3.8) is 0 Å². The number of hydrogen-bond acceptors (Lipinski definition) is 5. The molecule has 2 fully saturated rings. The van der Waals surface area contributed by atoms with E-state index < -0.39 is 12.0 Å². The molecule has 2 aromatic carbocycles. The molecule has 41 heavy (non-hydrogen) atoms. The summed E-state index contributed by atoms with van der Waals surface area (Å²) >= 11 is 0. The first-order valence-corrected chi connectivity index (χ1v) is 14.6. The number of fused-ring (bicyclic) bond motifs is 1. The van der Waals surface area contributed by atoms with Crippen LogP contribution in [0, 0.1) is 23.6 Å². The second kappa shape index (κ2) is 12.5. The fourth-order valence-corrected chi connectivity index (χ4v) is 6.60. The molecule has 0 spiro atoms. The topological polar surface area (TPSA) is 76.8 Å². The highest BCUT2D eigenvalue weighted by atomic mass is 19.1. The van der Waals surface area contributed by atoms with Crippen molar-refractivity contribution >= 4 is 28.6 Å². The number of hydrogen-bond donors (Lipinski definition) is 0. The van der Waals surface area contributed by atoms with Crippen molar-refractivity contribution < 1.29 is 32.3 Å². The number of amides is 1. The lowest BCUT2D eigenvalue weighted by molar-refractivity contribution is -0.142. The highest BCUT2D eigenvalue weighted by molar-refractivity contribution is 5.95. The van der Waals surface area contributed by atoms with Crippen molar-refractivity contribution in [2.24, 2.45) is 17.8 Å². The van der Waals surface area contributed by atoms with Crippen LogP contribution in [0.5, 0.6) is 0 Å². The van der Waals surface area contributed by atoms with E-state index in [0.717, 1.165) is 24.0 Å². The number of Topliss-reactive ketones (excluding diaryl/α,β-unsaturated/α-hetero) is 1. The summed E-state index contributed by atoms with van der Waals surface area (Å²) < 4.78 is 37.6. The van der Waals surface area contributed by atoms with Gasteiger partial charge in [0.25, 0.3) is 0 Å². The standard InChI is InChI=1S/C33H37F2NO5/c1-3-40-33(39)30-18-25-16-21(4-13-29(25)41-30)17-28(37)31-27(23-9-11-26(35)12-10-23)14-15-36(31)32(38)24-7-5-22(6-8-24)20(2)19-34/h4,9-13,16,18,20,22,24,27,31H,3,5-8,14-15,17,19H2,1-2H3/t20?,22?,24?,27-,31-/m0/s1. The Bertz CT molecular complexity index is 1390. The Morgan fingerprint density at radius 3 is 2.44 bits per heavy atom. The van der Waals surface area contributed by atoms with Gasteiger partial charge in [-0.2, -0.15) is 0 Å². The Labute approximate surface area is 239 Å². The minimum atomic E-state index is -0.661. The third-order valence-electron chi connectivity index (χ3n) is 8.91. The van der Waals surface area contributed by atoms with Gasteiger partial charge >= 0.3 is 5.97 Å². The van der Waals surface area contributed by atoms with Crippen LogP contribution in [0.3, 0.4) is 0 Å². The maximum atomic E-state index is 14.0. The molecule has 0 N–H and O–H groups in total. The van der Waals surface area contributed by atoms with Gasteiger partial charge in [-0.05, 0) is 92.3 Å². The number of esters is 1. The van der Waals surface area contributed by atoms with Crippen LogP contribution in [-0.2, 0) is 20.7 Å². The number of benzene rings is 2. The van der Waals surface area contributed by atoms with Crippen molar-refractivity contribution in [3.8, 4) is 0 Å². The van der Waals surface area contributed by atoms with E-state index in [-0.39, 0.29) is 66.6 Å². The average molecular weight is 566 g/mol. The molecule has 1 aromatic heterocycles. The molecule has 0 bridgehead atoms. The van der Waals surface area contributed by atoms with Gasteiger partial charge in [0.05, 0.1) is 19.3 Å². The highest BCUT2D eigenvalue weighted by Crippen LogP contribution is 2.39. The zero-order chi connectivity index (χ0) is 29.1. The molecule has 3 atom stereocenters. The predicted molar refractivity (Wildman–Crippen MR) is 151 cm³/mol. The van der Waals surface area contributed by atoms with Crippen LogP contribution in [0.1, 0.15) is 73.6 Å². The number of nitrogens with zero attached hydrogens (tertiary/aromatic N) is 1. The summed E-state index contributed by atoms with van der Waals surface area (Å²) in [4.78, 5) is 41.6. The smallest absolute Gasteiger partial charge is 0.374 e. The van der Waals surface area contributed by atoms with Crippen LogP contribution in [0.2, 0.25) is 0 Å². The Morgan fingerprint density at radius 2 is 1.76 bits per heavy atom. The molecule has 1 saturated carbocycles. The predicted octanol–water partition coefficient (Wildman–Crippen LogP) is 6.66. The van der Waals surface area contributed by atoms with E-state index in [9.17, 15) is 23.2 Å². The van der Waals surface area contributed by atoms with Crippen molar-refractivity contribution in [2.45, 2.75) is 64.3 Å². The largest absolute Gasteiger partial charge is 0.460 e. The lowest BCUT2D eigenvalue weighted by atomic mass is 9.76. The number of ether oxygens (including phenoxy) is 1. The second-order valence-electron chi connectivity index (χ2n) is 11.5. The summed E-state index contributed by atoms with van der Waals surface area (Å²) in [5.41, 5.74) is 2.10. The van der Waals surface area contributed by atoms with Crippen molar-refractivity contribution in [2.75, 3.05) is 19.8 Å². The SMILES string of the molecule is CCOC(=O)c1cc2cc(CC(=O)[C@@H]3[C@H](c4ccc(F)cc4)CCN3C(=O)C3CCC(C(C)CF)CC3)ccc2o1. The number of likely N-dealkylation sites (tertiary alicyclic amines) is 1. The van der Waals surface area contributed by atoms with Gasteiger partial charge in [0.15, 0.2) is 5.78 Å². The molecule has 1 amide bonds. The number of carbonyl (C=O) groups excluding carboxylic acids is 3. The van der Waals surface area contributed by atoms with Crippen molar-refractivity contribution in [1.82, 2.24) is 4.90 Å². The van der Waals surface area contributed by atoms with Crippen LogP contribution >= 0.6 is 0 Å². The second-order valence-corrected chi connectivity index (χ2v) is 11.5. The van der Waals surface area contributed by atoms with Gasteiger partial charge < -0.3 is 14.1 Å². The number of rotatable bonds is 9. The quantitative estimate of drug-likeness (QED) is 0.271. The molecule has 1 saturated heterocycles. The zero-order valence-corrected chi connectivity index (χ0v) is 23.6. The molecule has 2 heterocycles. The average Bonchev–Trinajstić information content (AvgIpc) is 3.62. The number of furan rings is 1. The first-order valence-electron chi connectivity index (χ1n) is 14.6. The third kappa shape index (κ3) is 6.21. The summed E-state index contributed by atoms with van der Waals surface area (Å²) in [5, 5.41) is 0.687. The minimum Gasteiger partial charge on any atom is -0.460 e. The van der Waals surface area contributed by atoms with Crippen molar-refractivity contribution in [3.05, 3.63) is 71.2 Å². The van der Waals surface area contributed by atoms with Crippen LogP contribution < -0.4 is 0 Å².